The van der Waals surface area contributed by atoms with E-state index in [1.54, 1.807) is 5.56 Å². The second kappa shape index (κ2) is 7.20. The molecule has 0 saturated carbocycles. The van der Waals surface area contributed by atoms with Crippen molar-refractivity contribution in [3.05, 3.63) is 29.8 Å². The van der Waals surface area contributed by atoms with E-state index >= 15 is 0 Å². The predicted octanol–water partition coefficient (Wildman–Crippen LogP) is 4.43. The molecule has 2 unspecified atom stereocenters. The number of thioether (sulfide) groups is 1. The van der Waals surface area contributed by atoms with E-state index in [9.17, 15) is 0 Å². The van der Waals surface area contributed by atoms with Gasteiger partial charge in [0.05, 0.1) is 0 Å². The molecule has 1 heterocycles. The molecule has 2 atom stereocenters. The third-order valence-corrected chi connectivity index (χ3v) is 5.02. The first kappa shape index (κ1) is 14.0. The maximum atomic E-state index is 3.71. The van der Waals surface area contributed by atoms with Gasteiger partial charge < -0.3 is 5.32 Å². The summed E-state index contributed by atoms with van der Waals surface area (Å²) in [6, 6.07) is 9.61. The van der Waals surface area contributed by atoms with Gasteiger partial charge in [-0.2, -0.15) is 0 Å². The summed E-state index contributed by atoms with van der Waals surface area (Å²) in [6.45, 7) is 5.59. The Morgan fingerprint density at radius 2 is 2.11 bits per heavy atom. The highest BCUT2D eigenvalue weighted by Gasteiger charge is 2.29. The van der Waals surface area contributed by atoms with Gasteiger partial charge in [0.25, 0.3) is 0 Å². The molecule has 1 aromatic carbocycles. The summed E-state index contributed by atoms with van der Waals surface area (Å²) in [5.74, 6) is 1.96. The van der Waals surface area contributed by atoms with Crippen molar-refractivity contribution in [3.8, 4) is 0 Å². The normalized spacial score (nSPS) is 19.8. The molecule has 18 heavy (non-hydrogen) atoms. The van der Waals surface area contributed by atoms with E-state index in [4.69, 9.17) is 0 Å². The molecule has 0 aromatic heterocycles. The van der Waals surface area contributed by atoms with Crippen molar-refractivity contribution in [3.63, 3.8) is 0 Å². The molecule has 0 amide bonds. The topological polar surface area (TPSA) is 12.0 Å². The maximum absolute atomic E-state index is 3.71. The lowest BCUT2D eigenvalue weighted by Gasteiger charge is -2.25. The minimum Gasteiger partial charge on any atom is -0.314 e. The fourth-order valence-electron chi connectivity index (χ4n) is 2.84. The molecular formula is C16H25NS. The van der Waals surface area contributed by atoms with Crippen molar-refractivity contribution < 1.29 is 0 Å². The minimum absolute atomic E-state index is 0.665. The number of rotatable bonds is 7. The monoisotopic (exact) mass is 263 g/mol. The van der Waals surface area contributed by atoms with E-state index < -0.39 is 0 Å². The largest absolute Gasteiger partial charge is 0.314 e. The fraction of sp³-hybridized carbons (Fsp3) is 0.625. The Labute approximate surface area is 116 Å². The highest BCUT2D eigenvalue weighted by molar-refractivity contribution is 7.99. The molecule has 1 aliphatic heterocycles. The lowest BCUT2D eigenvalue weighted by Crippen LogP contribution is -2.35. The number of fused-ring (bicyclic) bond motifs is 1. The molecule has 1 aliphatic rings. The molecule has 2 rings (SSSR count). The first-order chi connectivity index (χ1) is 8.86. The van der Waals surface area contributed by atoms with Crippen molar-refractivity contribution in [1.82, 2.24) is 5.32 Å². The van der Waals surface area contributed by atoms with Gasteiger partial charge in [-0.05, 0) is 24.6 Å². The molecule has 2 heteroatoms. The Kier molecular flexibility index (Phi) is 5.58. The maximum Gasteiger partial charge on any atom is 0.0144 e. The van der Waals surface area contributed by atoms with Gasteiger partial charge in [0.1, 0.15) is 0 Å². The molecule has 0 aliphatic carbocycles. The van der Waals surface area contributed by atoms with Crippen LogP contribution in [0.5, 0.6) is 0 Å². The summed E-state index contributed by atoms with van der Waals surface area (Å²) < 4.78 is 0. The fourth-order valence-corrected chi connectivity index (χ4v) is 4.17. The smallest absolute Gasteiger partial charge is 0.0144 e. The van der Waals surface area contributed by atoms with E-state index in [1.165, 1.54) is 36.3 Å². The van der Waals surface area contributed by atoms with Crippen LogP contribution in [0.3, 0.4) is 0 Å². The zero-order valence-electron chi connectivity index (χ0n) is 11.6. The second-order valence-electron chi connectivity index (χ2n) is 5.12. The van der Waals surface area contributed by atoms with Crippen molar-refractivity contribution in [1.29, 1.82) is 0 Å². The van der Waals surface area contributed by atoms with Crippen molar-refractivity contribution in [2.75, 3.05) is 12.3 Å². The Balaban J connectivity index is 2.03. The van der Waals surface area contributed by atoms with Crippen LogP contribution in [0.4, 0.5) is 0 Å². The van der Waals surface area contributed by atoms with E-state index in [2.05, 4.69) is 43.4 Å². The van der Waals surface area contributed by atoms with Gasteiger partial charge in [0, 0.05) is 22.6 Å². The quantitative estimate of drug-likeness (QED) is 0.730. The Bertz CT molecular complexity index is 364. The number of nitrogens with one attached hydrogen (secondary N) is 1. The Morgan fingerprint density at radius 3 is 2.89 bits per heavy atom. The van der Waals surface area contributed by atoms with Crippen LogP contribution in [0.1, 0.15) is 51.0 Å². The molecule has 0 saturated heterocycles. The SMILES string of the molecule is CCCCCC(NCC)C1CSc2ccccc21. The molecule has 0 fully saturated rings. The van der Waals surface area contributed by atoms with Crippen LogP contribution in [0.2, 0.25) is 0 Å². The first-order valence-electron chi connectivity index (χ1n) is 7.32. The third-order valence-electron chi connectivity index (χ3n) is 3.81. The minimum atomic E-state index is 0.665. The molecule has 0 spiro atoms. The number of unbranched alkanes of at least 4 members (excludes halogenated alkanes) is 2. The van der Waals surface area contributed by atoms with Gasteiger partial charge in [0.15, 0.2) is 0 Å². The van der Waals surface area contributed by atoms with Crippen LogP contribution in [0.15, 0.2) is 29.2 Å². The summed E-state index contributed by atoms with van der Waals surface area (Å²) in [4.78, 5) is 1.50. The van der Waals surface area contributed by atoms with Crippen LogP contribution in [0.25, 0.3) is 0 Å². The molecule has 1 N–H and O–H groups in total. The summed E-state index contributed by atoms with van der Waals surface area (Å²) in [5, 5.41) is 3.71. The lowest BCUT2D eigenvalue weighted by atomic mass is 9.90. The van der Waals surface area contributed by atoms with Gasteiger partial charge in [-0.25, -0.2) is 0 Å². The predicted molar refractivity (Wildman–Crippen MR) is 81.5 cm³/mol. The van der Waals surface area contributed by atoms with Gasteiger partial charge in [-0.15, -0.1) is 11.8 Å². The van der Waals surface area contributed by atoms with Crippen molar-refractivity contribution in [2.24, 2.45) is 0 Å². The average molecular weight is 263 g/mol. The first-order valence-corrected chi connectivity index (χ1v) is 8.30. The number of hydrogen-bond acceptors (Lipinski definition) is 2. The van der Waals surface area contributed by atoms with E-state index in [0.717, 1.165) is 6.54 Å². The zero-order chi connectivity index (χ0) is 12.8. The Hall–Kier alpha value is -0.470. The number of likely N-dealkylation sites (N-methyl/N-ethyl adjacent to an activating group) is 1. The highest BCUT2D eigenvalue weighted by atomic mass is 32.2. The van der Waals surface area contributed by atoms with E-state index in [-0.39, 0.29) is 0 Å². The van der Waals surface area contributed by atoms with Crippen molar-refractivity contribution >= 4 is 11.8 Å². The number of hydrogen-bond donors (Lipinski definition) is 1. The summed E-state index contributed by atoms with van der Waals surface area (Å²) in [7, 11) is 0. The van der Waals surface area contributed by atoms with Crippen LogP contribution in [0, 0.1) is 0 Å². The van der Waals surface area contributed by atoms with Crippen molar-refractivity contribution in [2.45, 2.75) is 56.4 Å². The summed E-state index contributed by atoms with van der Waals surface area (Å²) in [5.41, 5.74) is 1.57. The van der Waals surface area contributed by atoms with Gasteiger partial charge in [-0.3, -0.25) is 0 Å². The molecule has 0 bridgehead atoms. The van der Waals surface area contributed by atoms with E-state index in [1.807, 2.05) is 11.8 Å². The molecule has 1 aromatic rings. The summed E-state index contributed by atoms with van der Waals surface area (Å²) >= 11 is 2.03. The van der Waals surface area contributed by atoms with Gasteiger partial charge in [0.2, 0.25) is 0 Å². The molecule has 0 radical (unpaired) electrons. The Morgan fingerprint density at radius 1 is 1.28 bits per heavy atom. The van der Waals surface area contributed by atoms with Crippen LogP contribution < -0.4 is 5.32 Å². The van der Waals surface area contributed by atoms with Gasteiger partial charge >= 0.3 is 0 Å². The van der Waals surface area contributed by atoms with Gasteiger partial charge in [-0.1, -0.05) is 51.3 Å². The van der Waals surface area contributed by atoms with Crippen LogP contribution in [-0.2, 0) is 0 Å². The standard InChI is InChI=1S/C16H25NS/c1-3-5-6-10-15(17-4-2)14-12-18-16-11-8-7-9-13(14)16/h7-9,11,14-15,17H,3-6,10,12H2,1-2H3. The van der Waals surface area contributed by atoms with Crippen LogP contribution >= 0.6 is 11.8 Å². The average Bonchev–Trinajstić information content (AvgIpc) is 2.82. The molecule has 1 nitrogen and oxygen atoms in total. The molecular weight excluding hydrogens is 238 g/mol. The molecule has 100 valence electrons. The third kappa shape index (κ3) is 3.30. The highest BCUT2D eigenvalue weighted by Crippen LogP contribution is 2.41. The zero-order valence-corrected chi connectivity index (χ0v) is 12.4. The second-order valence-corrected chi connectivity index (χ2v) is 6.18. The lowest BCUT2D eigenvalue weighted by molar-refractivity contribution is 0.421. The number of benzene rings is 1. The summed E-state index contributed by atoms with van der Waals surface area (Å²) in [6.07, 6.45) is 5.36. The van der Waals surface area contributed by atoms with E-state index in [0.29, 0.717) is 12.0 Å². The van der Waals surface area contributed by atoms with Crippen LogP contribution in [-0.4, -0.2) is 18.3 Å².